The number of benzene rings is 2. The Kier molecular flexibility index (Phi) is 6.20. The molecule has 1 amide bonds. The molecule has 2 atom stereocenters. The third kappa shape index (κ3) is 4.11. The molecule has 0 fully saturated rings. The fourth-order valence-corrected chi connectivity index (χ4v) is 4.57. The highest BCUT2D eigenvalue weighted by Gasteiger charge is 2.44. The Balaban J connectivity index is 1.57. The molecule has 194 valence electrons. The second kappa shape index (κ2) is 9.49. The minimum atomic E-state index is -1.12. The summed E-state index contributed by atoms with van der Waals surface area (Å²) in [4.78, 5) is 26.6. The number of rotatable bonds is 7. The lowest BCUT2D eigenvalue weighted by Gasteiger charge is -2.20. The van der Waals surface area contributed by atoms with Crippen LogP contribution in [-0.4, -0.2) is 47.2 Å². The van der Waals surface area contributed by atoms with Crippen molar-refractivity contribution in [2.75, 3.05) is 40.5 Å². The molecule has 0 spiro atoms. The molecule has 11 nitrogen and oxygen atoms in total. The molecule has 2 aliphatic rings. The van der Waals surface area contributed by atoms with Crippen molar-refractivity contribution in [1.82, 2.24) is 0 Å². The number of fused-ring (bicyclic) bond motifs is 2. The molecule has 0 aliphatic carbocycles. The Morgan fingerprint density at radius 1 is 0.892 bits per heavy atom. The van der Waals surface area contributed by atoms with Crippen LogP contribution in [0.25, 0.3) is 0 Å². The molecular weight excluding hydrogens is 486 g/mol. The fraction of sp³-hybridized carbons (Fsp3) is 0.308. The SMILES string of the molecule is COc1cc(NC(=O)[C@@H]2Oc3cc(C)oc(=O)c3[C@H]2c2cc(OC)c3c(c2)OCO3)cc(OC)c1OC. The van der Waals surface area contributed by atoms with Crippen LogP contribution in [0.5, 0.6) is 40.2 Å². The normalized spacial score (nSPS) is 17.0. The van der Waals surface area contributed by atoms with Crippen molar-refractivity contribution >= 4 is 11.6 Å². The van der Waals surface area contributed by atoms with Gasteiger partial charge in [0.2, 0.25) is 18.3 Å². The van der Waals surface area contributed by atoms with Crippen molar-refractivity contribution in [2.24, 2.45) is 0 Å². The average molecular weight is 511 g/mol. The van der Waals surface area contributed by atoms with Gasteiger partial charge in [0.25, 0.3) is 5.91 Å². The van der Waals surface area contributed by atoms with Crippen molar-refractivity contribution in [3.63, 3.8) is 0 Å². The standard InChI is InChI=1S/C26H25NO10/c1-12-6-15-21(26(29)36-12)20(13-7-16(30-2)23-19(8-13)34-11-35-23)24(37-15)25(28)27-14-9-17(31-3)22(33-5)18(10-14)32-4/h6-10,20,24H,11H2,1-5H3,(H,27,28)/t20-,24-/m1/s1. The number of aryl methyl sites for hydroxylation is 1. The van der Waals surface area contributed by atoms with Gasteiger partial charge in [0, 0.05) is 23.9 Å². The molecule has 11 heteroatoms. The molecule has 0 radical (unpaired) electrons. The molecule has 2 aliphatic heterocycles. The molecule has 0 unspecified atom stereocenters. The molecule has 3 aromatic rings. The average Bonchev–Trinajstić information content (AvgIpc) is 3.52. The van der Waals surface area contributed by atoms with Crippen LogP contribution in [-0.2, 0) is 4.79 Å². The second-order valence-electron chi connectivity index (χ2n) is 8.30. The van der Waals surface area contributed by atoms with Gasteiger partial charge in [0.05, 0.1) is 39.9 Å². The summed E-state index contributed by atoms with van der Waals surface area (Å²) in [6.45, 7) is 1.66. The summed E-state index contributed by atoms with van der Waals surface area (Å²) < 4.78 is 44.0. The maximum atomic E-state index is 13.6. The van der Waals surface area contributed by atoms with Crippen LogP contribution in [0.15, 0.2) is 39.5 Å². The maximum Gasteiger partial charge on any atom is 0.343 e. The highest BCUT2D eigenvalue weighted by atomic mass is 16.7. The summed E-state index contributed by atoms with van der Waals surface area (Å²) in [7, 11) is 5.93. The van der Waals surface area contributed by atoms with E-state index >= 15 is 0 Å². The predicted octanol–water partition coefficient (Wildman–Crippen LogP) is 3.24. The highest BCUT2D eigenvalue weighted by Crippen LogP contribution is 2.48. The third-order valence-electron chi connectivity index (χ3n) is 6.17. The van der Waals surface area contributed by atoms with Gasteiger partial charge in [-0.05, 0) is 24.6 Å². The molecule has 0 saturated heterocycles. The van der Waals surface area contributed by atoms with E-state index in [1.165, 1.54) is 28.4 Å². The molecule has 0 bridgehead atoms. The van der Waals surface area contributed by atoms with Gasteiger partial charge in [-0.25, -0.2) is 4.79 Å². The van der Waals surface area contributed by atoms with E-state index in [1.807, 2.05) is 0 Å². The number of methoxy groups -OCH3 is 4. The van der Waals surface area contributed by atoms with E-state index in [1.54, 1.807) is 37.3 Å². The largest absolute Gasteiger partial charge is 0.493 e. The number of ether oxygens (including phenoxy) is 7. The van der Waals surface area contributed by atoms with Crippen molar-refractivity contribution in [3.8, 4) is 40.2 Å². The number of anilines is 1. The van der Waals surface area contributed by atoms with E-state index in [0.29, 0.717) is 51.5 Å². The van der Waals surface area contributed by atoms with E-state index in [2.05, 4.69) is 5.32 Å². The molecule has 5 rings (SSSR count). The van der Waals surface area contributed by atoms with Crippen molar-refractivity contribution in [3.05, 3.63) is 57.6 Å². The molecule has 0 saturated carbocycles. The second-order valence-corrected chi connectivity index (χ2v) is 8.30. The number of carbonyl (C=O) groups excluding carboxylic acids is 1. The van der Waals surface area contributed by atoms with Crippen LogP contribution in [0.1, 0.15) is 22.8 Å². The first-order valence-electron chi connectivity index (χ1n) is 11.3. The minimum absolute atomic E-state index is 0.0271. The van der Waals surface area contributed by atoms with Crippen LogP contribution in [0.3, 0.4) is 0 Å². The van der Waals surface area contributed by atoms with Gasteiger partial charge in [-0.15, -0.1) is 0 Å². The van der Waals surface area contributed by atoms with E-state index in [0.717, 1.165) is 0 Å². The minimum Gasteiger partial charge on any atom is -0.493 e. The van der Waals surface area contributed by atoms with Crippen LogP contribution < -0.4 is 44.1 Å². The number of carbonyl (C=O) groups is 1. The monoisotopic (exact) mass is 511 g/mol. The lowest BCUT2D eigenvalue weighted by Crippen LogP contribution is -2.35. The first kappa shape index (κ1) is 24.2. The molecular formula is C26H25NO10. The summed E-state index contributed by atoms with van der Waals surface area (Å²) in [5.41, 5.74) is 0.557. The first-order chi connectivity index (χ1) is 17.9. The summed E-state index contributed by atoms with van der Waals surface area (Å²) in [6, 6.07) is 8.17. The Bertz CT molecular complexity index is 1400. The Morgan fingerprint density at radius 2 is 1.59 bits per heavy atom. The van der Waals surface area contributed by atoms with Gasteiger partial charge in [-0.1, -0.05) is 0 Å². The fourth-order valence-electron chi connectivity index (χ4n) is 4.57. The zero-order valence-corrected chi connectivity index (χ0v) is 20.8. The molecule has 1 aromatic heterocycles. The van der Waals surface area contributed by atoms with Crippen LogP contribution in [0.2, 0.25) is 0 Å². The Morgan fingerprint density at radius 3 is 2.24 bits per heavy atom. The Labute approximate surface area is 211 Å². The van der Waals surface area contributed by atoms with E-state index in [-0.39, 0.29) is 18.1 Å². The van der Waals surface area contributed by atoms with Crippen molar-refractivity contribution in [2.45, 2.75) is 18.9 Å². The molecule has 3 heterocycles. The zero-order valence-electron chi connectivity index (χ0n) is 20.8. The Hall–Kier alpha value is -4.54. The van der Waals surface area contributed by atoms with E-state index in [9.17, 15) is 9.59 Å². The van der Waals surface area contributed by atoms with Gasteiger partial charge in [-0.3, -0.25) is 4.79 Å². The number of nitrogens with one attached hydrogen (secondary N) is 1. The summed E-state index contributed by atoms with van der Waals surface area (Å²) in [5.74, 6) is 1.67. The first-order valence-corrected chi connectivity index (χ1v) is 11.3. The maximum absolute atomic E-state index is 13.6. The topological polar surface area (TPSA) is 124 Å². The van der Waals surface area contributed by atoms with Crippen molar-refractivity contribution in [1.29, 1.82) is 0 Å². The quantitative estimate of drug-likeness (QED) is 0.506. The van der Waals surface area contributed by atoms with Gasteiger partial charge < -0.3 is 42.9 Å². The van der Waals surface area contributed by atoms with Crippen molar-refractivity contribution < 1.29 is 42.4 Å². The molecule has 1 N–H and O–H groups in total. The van der Waals surface area contributed by atoms with Gasteiger partial charge >= 0.3 is 5.63 Å². The summed E-state index contributed by atoms with van der Waals surface area (Å²) in [5, 5.41) is 2.83. The van der Waals surface area contributed by atoms with Crippen LogP contribution in [0, 0.1) is 6.92 Å². The van der Waals surface area contributed by atoms with Crippen LogP contribution in [0.4, 0.5) is 5.69 Å². The number of amides is 1. The third-order valence-corrected chi connectivity index (χ3v) is 6.17. The predicted molar refractivity (Wildman–Crippen MR) is 130 cm³/mol. The van der Waals surface area contributed by atoms with Gasteiger partial charge in [-0.2, -0.15) is 0 Å². The summed E-state index contributed by atoms with van der Waals surface area (Å²) >= 11 is 0. The lowest BCUT2D eigenvalue weighted by molar-refractivity contribution is -0.122. The van der Waals surface area contributed by atoms with E-state index in [4.69, 9.17) is 37.6 Å². The molecule has 2 aromatic carbocycles. The smallest absolute Gasteiger partial charge is 0.343 e. The van der Waals surface area contributed by atoms with E-state index < -0.39 is 23.6 Å². The lowest BCUT2D eigenvalue weighted by atomic mass is 9.88. The molecule has 37 heavy (non-hydrogen) atoms. The highest BCUT2D eigenvalue weighted by molar-refractivity contribution is 5.97. The van der Waals surface area contributed by atoms with Gasteiger partial charge in [0.1, 0.15) is 11.5 Å². The van der Waals surface area contributed by atoms with Crippen LogP contribution >= 0.6 is 0 Å². The van der Waals surface area contributed by atoms with Gasteiger partial charge in [0.15, 0.2) is 29.1 Å². The zero-order chi connectivity index (χ0) is 26.3. The number of hydrogen-bond acceptors (Lipinski definition) is 10. The summed E-state index contributed by atoms with van der Waals surface area (Å²) in [6.07, 6.45) is -1.12. The number of hydrogen-bond donors (Lipinski definition) is 1.